The van der Waals surface area contributed by atoms with E-state index in [0.717, 1.165) is 25.8 Å². The van der Waals surface area contributed by atoms with Gasteiger partial charge in [0.15, 0.2) is 0 Å². The summed E-state index contributed by atoms with van der Waals surface area (Å²) in [5.41, 5.74) is 0. The summed E-state index contributed by atoms with van der Waals surface area (Å²) < 4.78 is 22.0. The van der Waals surface area contributed by atoms with Crippen LogP contribution in [0.2, 0.25) is 0 Å². The Bertz CT molecular complexity index is 428. The SMILES string of the molecule is CS(=O)(=O)CCC(NC(=O)CC1CCNC1)C(=O)O. The van der Waals surface area contributed by atoms with Gasteiger partial charge in [-0.2, -0.15) is 0 Å². The summed E-state index contributed by atoms with van der Waals surface area (Å²) in [5, 5.41) is 14.5. The summed E-state index contributed by atoms with van der Waals surface area (Å²) in [7, 11) is -3.24. The van der Waals surface area contributed by atoms with Gasteiger partial charge in [0.2, 0.25) is 5.91 Å². The van der Waals surface area contributed by atoms with Crippen molar-refractivity contribution in [3.8, 4) is 0 Å². The fourth-order valence-electron chi connectivity index (χ4n) is 1.99. The molecule has 7 nitrogen and oxygen atoms in total. The number of carboxylic acid groups (broad SMARTS) is 1. The van der Waals surface area contributed by atoms with E-state index in [0.29, 0.717) is 0 Å². The van der Waals surface area contributed by atoms with Gasteiger partial charge in [0.05, 0.1) is 5.75 Å². The number of hydrogen-bond donors (Lipinski definition) is 3. The van der Waals surface area contributed by atoms with Crippen molar-refractivity contribution in [1.29, 1.82) is 0 Å². The third-order valence-electron chi connectivity index (χ3n) is 3.05. The highest BCUT2D eigenvalue weighted by atomic mass is 32.2. The van der Waals surface area contributed by atoms with Crippen LogP contribution in [0.25, 0.3) is 0 Å². The number of rotatable bonds is 7. The van der Waals surface area contributed by atoms with Crippen LogP contribution >= 0.6 is 0 Å². The summed E-state index contributed by atoms with van der Waals surface area (Å²) in [4.78, 5) is 22.7. The highest BCUT2D eigenvalue weighted by molar-refractivity contribution is 7.90. The highest BCUT2D eigenvalue weighted by Gasteiger charge is 2.24. The van der Waals surface area contributed by atoms with E-state index in [1.165, 1.54) is 0 Å². The summed E-state index contributed by atoms with van der Waals surface area (Å²) in [6.07, 6.45) is 2.10. The zero-order chi connectivity index (χ0) is 14.5. The lowest BCUT2D eigenvalue weighted by atomic mass is 10.0. The average molecular weight is 292 g/mol. The minimum atomic E-state index is -3.24. The Balaban J connectivity index is 2.43. The lowest BCUT2D eigenvalue weighted by Gasteiger charge is -2.15. The zero-order valence-corrected chi connectivity index (χ0v) is 11.7. The maximum atomic E-state index is 11.7. The van der Waals surface area contributed by atoms with Gasteiger partial charge in [0, 0.05) is 12.7 Å². The molecule has 0 aromatic carbocycles. The van der Waals surface area contributed by atoms with E-state index in [-0.39, 0.29) is 30.4 Å². The number of sulfone groups is 1. The van der Waals surface area contributed by atoms with Crippen molar-refractivity contribution in [2.24, 2.45) is 5.92 Å². The number of carbonyl (C=O) groups is 2. The third-order valence-corrected chi connectivity index (χ3v) is 4.02. The zero-order valence-electron chi connectivity index (χ0n) is 10.9. The quantitative estimate of drug-likeness (QED) is 0.554. The molecule has 110 valence electrons. The molecule has 8 heteroatoms. The first kappa shape index (κ1) is 15.9. The van der Waals surface area contributed by atoms with Crippen molar-refractivity contribution >= 4 is 21.7 Å². The molecular weight excluding hydrogens is 272 g/mol. The first-order valence-electron chi connectivity index (χ1n) is 6.18. The Morgan fingerprint density at radius 3 is 2.63 bits per heavy atom. The highest BCUT2D eigenvalue weighted by Crippen LogP contribution is 2.12. The molecule has 1 fully saturated rings. The Kier molecular flexibility index (Phi) is 5.74. The molecule has 0 saturated carbocycles. The molecule has 0 spiro atoms. The normalized spacial score (nSPS) is 21.0. The van der Waals surface area contributed by atoms with Crippen LogP contribution < -0.4 is 10.6 Å². The van der Waals surface area contributed by atoms with Gasteiger partial charge < -0.3 is 15.7 Å². The van der Waals surface area contributed by atoms with Crippen molar-refractivity contribution in [3.63, 3.8) is 0 Å². The molecule has 2 atom stereocenters. The molecule has 1 amide bonds. The van der Waals surface area contributed by atoms with E-state index >= 15 is 0 Å². The van der Waals surface area contributed by atoms with Gasteiger partial charge in [-0.25, -0.2) is 13.2 Å². The molecule has 1 aliphatic heterocycles. The number of hydrogen-bond acceptors (Lipinski definition) is 5. The number of carbonyl (C=O) groups excluding carboxylic acids is 1. The lowest BCUT2D eigenvalue weighted by Crippen LogP contribution is -2.42. The fourth-order valence-corrected chi connectivity index (χ4v) is 2.66. The Morgan fingerprint density at radius 2 is 2.16 bits per heavy atom. The number of nitrogens with one attached hydrogen (secondary N) is 2. The van der Waals surface area contributed by atoms with Gasteiger partial charge >= 0.3 is 5.97 Å². The van der Waals surface area contributed by atoms with Crippen LogP contribution in [0.3, 0.4) is 0 Å². The standard InChI is InChI=1S/C11H20N2O5S/c1-19(17,18)5-3-9(11(15)16)13-10(14)6-8-2-4-12-7-8/h8-9,12H,2-7H2,1H3,(H,13,14)(H,15,16). The number of aliphatic carboxylic acids is 1. The molecular formula is C11H20N2O5S. The van der Waals surface area contributed by atoms with Gasteiger partial charge in [-0.1, -0.05) is 0 Å². The maximum absolute atomic E-state index is 11.7. The number of carboxylic acids is 1. The van der Waals surface area contributed by atoms with E-state index in [2.05, 4.69) is 10.6 Å². The van der Waals surface area contributed by atoms with Crippen molar-refractivity contribution in [2.75, 3.05) is 25.1 Å². The van der Waals surface area contributed by atoms with E-state index in [1.54, 1.807) is 0 Å². The topological polar surface area (TPSA) is 113 Å². The molecule has 1 rings (SSSR count). The molecule has 1 saturated heterocycles. The summed E-state index contributed by atoms with van der Waals surface area (Å²) in [6.45, 7) is 1.63. The van der Waals surface area contributed by atoms with Crippen LogP contribution in [0.1, 0.15) is 19.3 Å². The third kappa shape index (κ3) is 6.53. The fraction of sp³-hybridized carbons (Fsp3) is 0.818. The van der Waals surface area contributed by atoms with Crippen LogP contribution in [-0.2, 0) is 19.4 Å². The lowest BCUT2D eigenvalue weighted by molar-refractivity contribution is -0.142. The molecule has 0 aromatic rings. The van der Waals surface area contributed by atoms with Gasteiger partial charge in [-0.3, -0.25) is 4.79 Å². The Hall–Kier alpha value is -1.15. The molecule has 2 unspecified atom stereocenters. The maximum Gasteiger partial charge on any atom is 0.326 e. The van der Waals surface area contributed by atoms with E-state index in [4.69, 9.17) is 5.11 Å². The molecule has 0 radical (unpaired) electrons. The van der Waals surface area contributed by atoms with Crippen LogP contribution in [-0.4, -0.2) is 56.5 Å². The molecule has 3 N–H and O–H groups in total. The minimum Gasteiger partial charge on any atom is -0.480 e. The first-order valence-corrected chi connectivity index (χ1v) is 8.24. The second-order valence-corrected chi connectivity index (χ2v) is 7.20. The predicted molar refractivity (Wildman–Crippen MR) is 69.5 cm³/mol. The van der Waals surface area contributed by atoms with Crippen molar-refractivity contribution in [3.05, 3.63) is 0 Å². The van der Waals surface area contributed by atoms with Gasteiger partial charge in [0.25, 0.3) is 0 Å². The van der Waals surface area contributed by atoms with Crippen LogP contribution in [0.5, 0.6) is 0 Å². The van der Waals surface area contributed by atoms with Crippen molar-refractivity contribution in [2.45, 2.75) is 25.3 Å². The summed E-state index contributed by atoms with van der Waals surface area (Å²) in [5.74, 6) is -1.57. The largest absolute Gasteiger partial charge is 0.480 e. The van der Waals surface area contributed by atoms with Gasteiger partial charge in [-0.05, 0) is 31.8 Å². The number of amides is 1. The van der Waals surface area contributed by atoms with E-state index in [1.807, 2.05) is 0 Å². The van der Waals surface area contributed by atoms with Crippen LogP contribution in [0, 0.1) is 5.92 Å². The van der Waals surface area contributed by atoms with Gasteiger partial charge in [0.1, 0.15) is 15.9 Å². The Morgan fingerprint density at radius 1 is 1.47 bits per heavy atom. The Labute approximate surface area is 112 Å². The first-order chi connectivity index (χ1) is 8.78. The molecule has 0 aliphatic carbocycles. The molecule has 1 aliphatic rings. The summed E-state index contributed by atoms with van der Waals surface area (Å²) >= 11 is 0. The smallest absolute Gasteiger partial charge is 0.326 e. The summed E-state index contributed by atoms with van der Waals surface area (Å²) in [6, 6.07) is -1.14. The average Bonchev–Trinajstić information content (AvgIpc) is 2.75. The molecule has 19 heavy (non-hydrogen) atoms. The molecule has 0 bridgehead atoms. The second kappa shape index (κ2) is 6.85. The van der Waals surface area contributed by atoms with Crippen LogP contribution in [0.4, 0.5) is 0 Å². The second-order valence-electron chi connectivity index (χ2n) is 4.94. The predicted octanol–water partition coefficient (Wildman–Crippen LogP) is -1.01. The van der Waals surface area contributed by atoms with Crippen molar-refractivity contribution < 1.29 is 23.1 Å². The van der Waals surface area contributed by atoms with Crippen LogP contribution in [0.15, 0.2) is 0 Å². The molecule has 0 aromatic heterocycles. The minimum absolute atomic E-state index is 0.108. The van der Waals surface area contributed by atoms with Crippen molar-refractivity contribution in [1.82, 2.24) is 10.6 Å². The monoisotopic (exact) mass is 292 g/mol. The molecule has 1 heterocycles. The van der Waals surface area contributed by atoms with E-state index in [9.17, 15) is 18.0 Å². The van der Waals surface area contributed by atoms with E-state index < -0.39 is 21.8 Å². The van der Waals surface area contributed by atoms with Gasteiger partial charge in [-0.15, -0.1) is 0 Å².